The molecule has 2 aromatic rings. The first kappa shape index (κ1) is 18.8. The monoisotopic (exact) mass is 396 g/mol. The number of fused-ring (bicyclic) bond motifs is 1. The summed E-state index contributed by atoms with van der Waals surface area (Å²) < 4.78 is 15.7. The van der Waals surface area contributed by atoms with Gasteiger partial charge in [0.2, 0.25) is 11.8 Å². The molecule has 2 aromatic carbocycles. The molecule has 8 nitrogen and oxygen atoms in total. The lowest BCUT2D eigenvalue weighted by Crippen LogP contribution is -2.36. The average molecular weight is 396 g/mol. The van der Waals surface area contributed by atoms with Crippen LogP contribution >= 0.6 is 0 Å². The molecule has 0 radical (unpaired) electrons. The second-order valence-electron chi connectivity index (χ2n) is 6.89. The molecule has 1 aliphatic carbocycles. The van der Waals surface area contributed by atoms with Crippen molar-refractivity contribution in [3.63, 3.8) is 0 Å². The van der Waals surface area contributed by atoms with E-state index in [2.05, 4.69) is 10.6 Å². The Kier molecular flexibility index (Phi) is 4.84. The first-order valence-corrected chi connectivity index (χ1v) is 9.23. The number of nitrogens with one attached hydrogen (secondary N) is 2. The van der Waals surface area contributed by atoms with Gasteiger partial charge in [0, 0.05) is 11.8 Å². The van der Waals surface area contributed by atoms with Crippen LogP contribution in [-0.2, 0) is 14.3 Å². The topological polar surface area (TPSA) is 103 Å². The van der Waals surface area contributed by atoms with Gasteiger partial charge in [-0.2, -0.15) is 0 Å². The zero-order valence-corrected chi connectivity index (χ0v) is 15.8. The van der Waals surface area contributed by atoms with Gasteiger partial charge < -0.3 is 24.8 Å². The number of methoxy groups -OCH3 is 1. The molecule has 0 bridgehead atoms. The normalized spacial score (nSPS) is 15.8. The minimum Gasteiger partial charge on any atom is -0.486 e. The van der Waals surface area contributed by atoms with E-state index in [-0.39, 0.29) is 5.56 Å². The Labute approximate surface area is 167 Å². The Bertz CT molecular complexity index is 983. The Morgan fingerprint density at radius 3 is 2.34 bits per heavy atom. The van der Waals surface area contributed by atoms with E-state index >= 15 is 0 Å². The van der Waals surface area contributed by atoms with E-state index in [1.54, 1.807) is 42.5 Å². The molecule has 1 heterocycles. The minimum atomic E-state index is -1.17. The third-order valence-electron chi connectivity index (χ3n) is 5.00. The molecule has 1 aliphatic heterocycles. The number of ether oxygens (including phenoxy) is 3. The molecule has 0 saturated heterocycles. The summed E-state index contributed by atoms with van der Waals surface area (Å²) in [5.74, 6) is -0.250. The number of hydrogen-bond donors (Lipinski definition) is 2. The molecular formula is C21H20N2O6. The molecule has 0 spiro atoms. The number of hydrogen-bond acceptors (Lipinski definition) is 6. The summed E-state index contributed by atoms with van der Waals surface area (Å²) >= 11 is 0. The van der Waals surface area contributed by atoms with Gasteiger partial charge in [-0.05, 0) is 37.1 Å². The lowest BCUT2D eigenvalue weighted by atomic mass is 10.0. The van der Waals surface area contributed by atoms with Gasteiger partial charge in [-0.25, -0.2) is 4.79 Å². The first-order chi connectivity index (χ1) is 14.0. The summed E-state index contributed by atoms with van der Waals surface area (Å²) in [6.45, 7) is 0.922. The fraction of sp³-hybridized carbons (Fsp3) is 0.286. The van der Waals surface area contributed by atoms with Crippen molar-refractivity contribution in [3.05, 3.63) is 48.0 Å². The fourth-order valence-electron chi connectivity index (χ4n) is 3.18. The molecule has 0 aromatic heterocycles. The summed E-state index contributed by atoms with van der Waals surface area (Å²) in [5.41, 5.74) is -0.112. The van der Waals surface area contributed by atoms with Crippen LogP contribution in [0.2, 0.25) is 0 Å². The van der Waals surface area contributed by atoms with Gasteiger partial charge >= 0.3 is 5.97 Å². The lowest BCUT2D eigenvalue weighted by Gasteiger charge is -2.20. The van der Waals surface area contributed by atoms with Crippen LogP contribution in [0.3, 0.4) is 0 Å². The van der Waals surface area contributed by atoms with Gasteiger partial charge in [-0.15, -0.1) is 0 Å². The zero-order chi connectivity index (χ0) is 20.4. The van der Waals surface area contributed by atoms with Crippen LogP contribution in [0.4, 0.5) is 11.4 Å². The van der Waals surface area contributed by atoms with E-state index < -0.39 is 23.2 Å². The van der Waals surface area contributed by atoms with Crippen LogP contribution in [0.5, 0.6) is 11.5 Å². The predicted octanol–water partition coefficient (Wildman–Crippen LogP) is 2.60. The maximum atomic E-state index is 12.9. The summed E-state index contributed by atoms with van der Waals surface area (Å²) in [7, 11) is 1.27. The number of esters is 1. The van der Waals surface area contributed by atoms with E-state index in [0.717, 1.165) is 0 Å². The van der Waals surface area contributed by atoms with Crippen molar-refractivity contribution < 1.29 is 28.6 Å². The van der Waals surface area contributed by atoms with Gasteiger partial charge in [-0.1, -0.05) is 12.1 Å². The number of anilines is 2. The molecule has 1 saturated carbocycles. The number of amides is 2. The van der Waals surface area contributed by atoms with Crippen LogP contribution in [0, 0.1) is 5.41 Å². The Morgan fingerprint density at radius 2 is 1.62 bits per heavy atom. The molecule has 2 amide bonds. The van der Waals surface area contributed by atoms with Gasteiger partial charge in [-0.3, -0.25) is 9.59 Å². The summed E-state index contributed by atoms with van der Waals surface area (Å²) in [6.07, 6.45) is 0.852. The second kappa shape index (κ2) is 7.46. The van der Waals surface area contributed by atoms with Gasteiger partial charge in [0.1, 0.15) is 18.6 Å². The third kappa shape index (κ3) is 3.61. The summed E-state index contributed by atoms with van der Waals surface area (Å²) in [5, 5.41) is 5.48. The Balaban J connectivity index is 1.48. The van der Waals surface area contributed by atoms with Crippen molar-refractivity contribution in [2.24, 2.45) is 5.41 Å². The fourth-order valence-corrected chi connectivity index (χ4v) is 3.18. The third-order valence-corrected chi connectivity index (χ3v) is 5.00. The number of para-hydroxylation sites is 1. The maximum Gasteiger partial charge on any atom is 0.339 e. The van der Waals surface area contributed by atoms with Crippen molar-refractivity contribution >= 4 is 29.2 Å². The standard InChI is InChI=1S/C21H20N2O6/c1-27-18(24)14-4-2-3-5-15(14)23-20(26)21(8-9-21)19(25)22-13-6-7-16-17(12-13)29-11-10-28-16/h2-7,12H,8-11H2,1H3,(H,22,25)(H,23,26). The largest absolute Gasteiger partial charge is 0.486 e. The van der Waals surface area contributed by atoms with Crippen molar-refractivity contribution in [3.8, 4) is 11.5 Å². The smallest absolute Gasteiger partial charge is 0.339 e. The van der Waals surface area contributed by atoms with E-state index in [0.29, 0.717) is 48.9 Å². The highest BCUT2D eigenvalue weighted by Gasteiger charge is 2.56. The SMILES string of the molecule is COC(=O)c1ccccc1NC(=O)C1(C(=O)Nc2ccc3c(c2)OCCO3)CC1. The number of carbonyl (C=O) groups excluding carboxylic acids is 3. The highest BCUT2D eigenvalue weighted by atomic mass is 16.6. The quantitative estimate of drug-likeness (QED) is 0.595. The molecule has 0 unspecified atom stereocenters. The Hall–Kier alpha value is -3.55. The molecular weight excluding hydrogens is 376 g/mol. The molecule has 2 N–H and O–H groups in total. The first-order valence-electron chi connectivity index (χ1n) is 9.23. The van der Waals surface area contributed by atoms with E-state index in [1.807, 2.05) is 0 Å². The molecule has 29 heavy (non-hydrogen) atoms. The van der Waals surface area contributed by atoms with Crippen molar-refractivity contribution in [2.75, 3.05) is 31.0 Å². The van der Waals surface area contributed by atoms with E-state index in [1.165, 1.54) is 7.11 Å². The highest BCUT2D eigenvalue weighted by molar-refractivity contribution is 6.17. The van der Waals surface area contributed by atoms with Crippen LogP contribution in [0.15, 0.2) is 42.5 Å². The molecule has 150 valence electrons. The Morgan fingerprint density at radius 1 is 0.931 bits per heavy atom. The van der Waals surface area contributed by atoms with Gasteiger partial charge in [0.25, 0.3) is 0 Å². The molecule has 2 aliphatic rings. The van der Waals surface area contributed by atoms with E-state index in [9.17, 15) is 14.4 Å². The lowest BCUT2D eigenvalue weighted by molar-refractivity contribution is -0.131. The highest BCUT2D eigenvalue weighted by Crippen LogP contribution is 2.48. The van der Waals surface area contributed by atoms with Crippen molar-refractivity contribution in [1.82, 2.24) is 0 Å². The molecule has 8 heteroatoms. The molecule has 1 fully saturated rings. The number of rotatable bonds is 5. The summed E-state index contributed by atoms with van der Waals surface area (Å²) in [6, 6.07) is 11.6. The van der Waals surface area contributed by atoms with Crippen LogP contribution in [0.25, 0.3) is 0 Å². The van der Waals surface area contributed by atoms with Crippen LogP contribution in [-0.4, -0.2) is 38.1 Å². The van der Waals surface area contributed by atoms with Gasteiger partial charge in [0.05, 0.1) is 18.4 Å². The maximum absolute atomic E-state index is 12.9. The summed E-state index contributed by atoms with van der Waals surface area (Å²) in [4.78, 5) is 37.6. The van der Waals surface area contributed by atoms with Gasteiger partial charge in [0.15, 0.2) is 11.5 Å². The average Bonchev–Trinajstić information content (AvgIpc) is 3.56. The number of carbonyl (C=O) groups is 3. The zero-order valence-electron chi connectivity index (χ0n) is 15.8. The van der Waals surface area contributed by atoms with Crippen molar-refractivity contribution in [2.45, 2.75) is 12.8 Å². The molecule has 0 atom stereocenters. The second-order valence-corrected chi connectivity index (χ2v) is 6.89. The van der Waals surface area contributed by atoms with E-state index in [4.69, 9.17) is 14.2 Å². The predicted molar refractivity (Wildman–Crippen MR) is 104 cm³/mol. The molecule has 4 rings (SSSR count). The number of benzene rings is 2. The van der Waals surface area contributed by atoms with Crippen LogP contribution in [0.1, 0.15) is 23.2 Å². The minimum absolute atomic E-state index is 0.228. The van der Waals surface area contributed by atoms with Crippen molar-refractivity contribution in [1.29, 1.82) is 0 Å². The van der Waals surface area contributed by atoms with Crippen LogP contribution < -0.4 is 20.1 Å².